The van der Waals surface area contributed by atoms with Gasteiger partial charge in [0.05, 0.1) is 12.5 Å². The summed E-state index contributed by atoms with van der Waals surface area (Å²) in [6, 6.07) is 13.5. The minimum atomic E-state index is -0.349. The number of hydrogen-bond acceptors (Lipinski definition) is 5. The van der Waals surface area contributed by atoms with E-state index < -0.39 is 0 Å². The Kier molecular flexibility index (Phi) is 4.83. The first-order valence-corrected chi connectivity index (χ1v) is 7.92. The van der Waals surface area contributed by atoms with Gasteiger partial charge in [0.15, 0.2) is 5.76 Å². The van der Waals surface area contributed by atoms with Gasteiger partial charge in [-0.15, -0.1) is 11.3 Å². The van der Waals surface area contributed by atoms with Crippen LogP contribution in [-0.2, 0) is 0 Å². The summed E-state index contributed by atoms with van der Waals surface area (Å²) in [6.45, 7) is 0. The minimum absolute atomic E-state index is 0.222. The largest absolute Gasteiger partial charge is 0.459 e. The second-order valence-corrected chi connectivity index (χ2v) is 5.70. The molecule has 3 aromatic rings. The monoisotopic (exact) mass is 339 g/mol. The topological polar surface area (TPSA) is 83.7 Å². The summed E-state index contributed by atoms with van der Waals surface area (Å²) < 4.78 is 5.01. The first-order chi connectivity index (χ1) is 11.7. The van der Waals surface area contributed by atoms with E-state index in [1.807, 2.05) is 17.5 Å². The van der Waals surface area contributed by atoms with Crippen LogP contribution in [-0.4, -0.2) is 18.0 Å². The number of thiophene rings is 1. The molecule has 6 nitrogen and oxygen atoms in total. The summed E-state index contributed by atoms with van der Waals surface area (Å²) in [4.78, 5) is 24.8. The molecule has 0 radical (unpaired) electrons. The number of carbonyl (C=O) groups is 2. The summed E-state index contributed by atoms with van der Waals surface area (Å²) in [6.07, 6.45) is 3.01. The van der Waals surface area contributed by atoms with Crippen molar-refractivity contribution in [2.24, 2.45) is 5.10 Å². The molecule has 0 aliphatic rings. The van der Waals surface area contributed by atoms with Crippen molar-refractivity contribution in [1.82, 2.24) is 5.43 Å². The number of nitrogens with one attached hydrogen (secondary N) is 2. The normalized spacial score (nSPS) is 10.7. The van der Waals surface area contributed by atoms with Gasteiger partial charge in [-0.1, -0.05) is 6.07 Å². The fraction of sp³-hybridized carbons (Fsp3) is 0. The van der Waals surface area contributed by atoms with Crippen molar-refractivity contribution in [3.05, 3.63) is 76.4 Å². The van der Waals surface area contributed by atoms with Crippen molar-refractivity contribution >= 4 is 35.1 Å². The third kappa shape index (κ3) is 3.96. The Morgan fingerprint density at radius 3 is 2.54 bits per heavy atom. The van der Waals surface area contributed by atoms with Gasteiger partial charge < -0.3 is 9.73 Å². The van der Waals surface area contributed by atoms with Crippen molar-refractivity contribution in [2.45, 2.75) is 0 Å². The third-order valence-electron chi connectivity index (χ3n) is 3.05. The average molecular weight is 339 g/mol. The van der Waals surface area contributed by atoms with Gasteiger partial charge in [0.1, 0.15) is 0 Å². The van der Waals surface area contributed by atoms with Crippen LogP contribution in [0.5, 0.6) is 0 Å². The maximum absolute atomic E-state index is 12.0. The van der Waals surface area contributed by atoms with Crippen LogP contribution >= 0.6 is 11.3 Å². The molecule has 0 aliphatic carbocycles. The first-order valence-electron chi connectivity index (χ1n) is 7.04. The summed E-state index contributed by atoms with van der Waals surface area (Å²) in [5.41, 5.74) is 3.46. The van der Waals surface area contributed by atoms with E-state index in [1.54, 1.807) is 42.6 Å². The Hall–Kier alpha value is -3.19. The van der Waals surface area contributed by atoms with Gasteiger partial charge in [-0.2, -0.15) is 5.10 Å². The lowest BCUT2D eigenvalue weighted by molar-refractivity contribution is 0.0954. The van der Waals surface area contributed by atoms with E-state index in [4.69, 9.17) is 4.42 Å². The lowest BCUT2D eigenvalue weighted by Crippen LogP contribution is -2.17. The van der Waals surface area contributed by atoms with Crippen molar-refractivity contribution < 1.29 is 14.0 Å². The van der Waals surface area contributed by atoms with Crippen LogP contribution < -0.4 is 10.7 Å². The highest BCUT2D eigenvalue weighted by Gasteiger charge is 2.09. The molecule has 2 heterocycles. The Morgan fingerprint density at radius 1 is 1.04 bits per heavy atom. The zero-order chi connectivity index (χ0) is 16.8. The van der Waals surface area contributed by atoms with Gasteiger partial charge in [-0.3, -0.25) is 9.59 Å². The Balaban J connectivity index is 1.57. The Labute approximate surface area is 141 Å². The minimum Gasteiger partial charge on any atom is -0.459 e. The van der Waals surface area contributed by atoms with E-state index in [1.165, 1.54) is 17.6 Å². The Morgan fingerprint density at radius 2 is 1.88 bits per heavy atom. The molecule has 2 amide bonds. The maximum atomic E-state index is 12.0. The molecule has 2 N–H and O–H groups in total. The number of furan rings is 1. The molecule has 2 aromatic heterocycles. The van der Waals surface area contributed by atoms with Gasteiger partial charge in [-0.25, -0.2) is 5.43 Å². The number of hydrazone groups is 1. The Bertz CT molecular complexity index is 838. The standard InChI is InChI=1S/C17H13N3O3S/c21-16(20-18-11-14-3-2-10-24-14)12-5-7-13(8-6-12)19-17(22)15-4-1-9-23-15/h1-11H,(H,19,22)(H,20,21)/b18-11-. The number of hydrogen-bond donors (Lipinski definition) is 2. The van der Waals surface area contributed by atoms with E-state index in [-0.39, 0.29) is 17.6 Å². The zero-order valence-corrected chi connectivity index (χ0v) is 13.2. The highest BCUT2D eigenvalue weighted by molar-refractivity contribution is 7.11. The number of anilines is 1. The van der Waals surface area contributed by atoms with E-state index in [9.17, 15) is 9.59 Å². The number of carbonyl (C=O) groups excluding carboxylic acids is 2. The van der Waals surface area contributed by atoms with Crippen LogP contribution in [0.3, 0.4) is 0 Å². The van der Waals surface area contributed by atoms with Crippen molar-refractivity contribution in [3.8, 4) is 0 Å². The molecule has 1 aromatic carbocycles. The van der Waals surface area contributed by atoms with E-state index in [2.05, 4.69) is 15.8 Å². The molecule has 0 unspecified atom stereocenters. The number of amides is 2. The lowest BCUT2D eigenvalue weighted by atomic mass is 10.2. The summed E-state index contributed by atoms with van der Waals surface area (Å²) in [5, 5.41) is 8.51. The van der Waals surface area contributed by atoms with Crippen LogP contribution in [0.4, 0.5) is 5.69 Å². The second-order valence-electron chi connectivity index (χ2n) is 4.72. The van der Waals surface area contributed by atoms with E-state index in [0.29, 0.717) is 11.3 Å². The van der Waals surface area contributed by atoms with E-state index >= 15 is 0 Å². The highest BCUT2D eigenvalue weighted by atomic mass is 32.1. The molecular weight excluding hydrogens is 326 g/mol. The van der Waals surface area contributed by atoms with Crippen LogP contribution in [0, 0.1) is 0 Å². The van der Waals surface area contributed by atoms with Crippen LogP contribution in [0.1, 0.15) is 25.8 Å². The first kappa shape index (κ1) is 15.7. The van der Waals surface area contributed by atoms with Crippen LogP contribution in [0.25, 0.3) is 0 Å². The SMILES string of the molecule is O=C(N/N=C\c1cccs1)c1ccc(NC(=O)c2ccco2)cc1. The third-order valence-corrected chi connectivity index (χ3v) is 3.86. The average Bonchev–Trinajstić information content (AvgIpc) is 3.29. The van der Waals surface area contributed by atoms with Crippen molar-refractivity contribution in [2.75, 3.05) is 5.32 Å². The fourth-order valence-corrected chi connectivity index (χ4v) is 2.47. The second kappa shape index (κ2) is 7.38. The van der Waals surface area contributed by atoms with Gasteiger partial charge in [0.25, 0.3) is 11.8 Å². The molecule has 0 atom stereocenters. The molecule has 3 rings (SSSR count). The molecule has 0 fully saturated rings. The molecule has 7 heteroatoms. The molecule has 24 heavy (non-hydrogen) atoms. The number of nitrogens with zero attached hydrogens (tertiary/aromatic N) is 1. The summed E-state index contributed by atoms with van der Waals surface area (Å²) >= 11 is 1.53. The van der Waals surface area contributed by atoms with Gasteiger partial charge in [0, 0.05) is 16.1 Å². The van der Waals surface area contributed by atoms with Crippen molar-refractivity contribution in [1.29, 1.82) is 0 Å². The molecule has 120 valence electrons. The summed E-state index contributed by atoms with van der Waals surface area (Å²) in [7, 11) is 0. The van der Waals surface area contributed by atoms with Gasteiger partial charge >= 0.3 is 0 Å². The quantitative estimate of drug-likeness (QED) is 0.552. The molecule has 0 saturated heterocycles. The van der Waals surface area contributed by atoms with Crippen LogP contribution in [0.2, 0.25) is 0 Å². The molecule has 0 aliphatic heterocycles. The zero-order valence-electron chi connectivity index (χ0n) is 12.4. The molecule has 0 spiro atoms. The van der Waals surface area contributed by atoms with E-state index in [0.717, 1.165) is 4.88 Å². The summed E-state index contributed by atoms with van der Waals surface area (Å²) in [5.74, 6) is -0.454. The predicted octanol–water partition coefficient (Wildman–Crippen LogP) is 3.36. The molecule has 0 saturated carbocycles. The molecule has 0 bridgehead atoms. The number of benzene rings is 1. The number of rotatable bonds is 5. The van der Waals surface area contributed by atoms with Gasteiger partial charge in [-0.05, 0) is 47.8 Å². The predicted molar refractivity (Wildman–Crippen MR) is 92.5 cm³/mol. The molecular formula is C17H13N3O3S. The maximum Gasteiger partial charge on any atom is 0.291 e. The van der Waals surface area contributed by atoms with Gasteiger partial charge in [0.2, 0.25) is 0 Å². The van der Waals surface area contributed by atoms with Crippen molar-refractivity contribution in [3.63, 3.8) is 0 Å². The van der Waals surface area contributed by atoms with Crippen LogP contribution in [0.15, 0.2) is 69.7 Å². The fourth-order valence-electron chi connectivity index (χ4n) is 1.89. The lowest BCUT2D eigenvalue weighted by Gasteiger charge is -2.04. The highest BCUT2D eigenvalue weighted by Crippen LogP contribution is 2.12. The smallest absolute Gasteiger partial charge is 0.291 e.